The molecule has 2 aromatic heterocycles. The minimum Gasteiger partial charge on any atom is -0.369 e. The molecule has 0 amide bonds. The van der Waals surface area contributed by atoms with E-state index < -0.39 is 0 Å². The van der Waals surface area contributed by atoms with E-state index in [-0.39, 0.29) is 0 Å². The zero-order valence-corrected chi connectivity index (χ0v) is 13.8. The molecule has 5 heteroatoms. The van der Waals surface area contributed by atoms with Crippen LogP contribution in [0.2, 0.25) is 0 Å². The Labute approximate surface area is 132 Å². The van der Waals surface area contributed by atoms with Crippen molar-refractivity contribution in [3.8, 4) is 11.4 Å². The lowest BCUT2D eigenvalue weighted by Crippen LogP contribution is -2.08. The van der Waals surface area contributed by atoms with E-state index in [1.165, 1.54) is 22.1 Å². The summed E-state index contributed by atoms with van der Waals surface area (Å²) < 4.78 is 1.17. The van der Waals surface area contributed by atoms with E-state index in [1.54, 1.807) is 6.20 Å². The van der Waals surface area contributed by atoms with Gasteiger partial charge in [-0.05, 0) is 60.9 Å². The van der Waals surface area contributed by atoms with Gasteiger partial charge in [0.15, 0.2) is 5.82 Å². The molecule has 2 heterocycles. The molecule has 0 radical (unpaired) electrons. The number of aryl methyl sites for hydroxylation is 1. The van der Waals surface area contributed by atoms with Gasteiger partial charge in [-0.1, -0.05) is 0 Å². The van der Waals surface area contributed by atoms with E-state index in [0.29, 0.717) is 5.92 Å². The molecular weight excluding hydrogens is 363 g/mol. The number of nitrogens with zero attached hydrogens (tertiary/aromatic N) is 3. The number of pyridine rings is 1. The summed E-state index contributed by atoms with van der Waals surface area (Å²) in [6.45, 7) is 5.01. The Kier molecular flexibility index (Phi) is 3.87. The summed E-state index contributed by atoms with van der Waals surface area (Å²) in [5.41, 5.74) is 3.37. The zero-order valence-electron chi connectivity index (χ0n) is 11.7. The van der Waals surface area contributed by atoms with Crippen molar-refractivity contribution in [2.45, 2.75) is 32.6 Å². The van der Waals surface area contributed by atoms with Gasteiger partial charge in [0.05, 0.1) is 9.26 Å². The van der Waals surface area contributed by atoms with E-state index in [0.717, 1.165) is 29.3 Å². The van der Waals surface area contributed by atoms with Crippen molar-refractivity contribution >= 4 is 28.4 Å². The maximum atomic E-state index is 4.82. The molecule has 1 fully saturated rings. The van der Waals surface area contributed by atoms with Crippen LogP contribution >= 0.6 is 22.6 Å². The van der Waals surface area contributed by atoms with Crippen molar-refractivity contribution < 1.29 is 0 Å². The van der Waals surface area contributed by atoms with E-state index in [4.69, 9.17) is 9.97 Å². The van der Waals surface area contributed by atoms with E-state index in [9.17, 15) is 0 Å². The highest BCUT2D eigenvalue weighted by Crippen LogP contribution is 2.43. The van der Waals surface area contributed by atoms with Crippen LogP contribution in [0.15, 0.2) is 18.5 Å². The number of hydrogen-bond donors (Lipinski definition) is 1. The Hall–Kier alpha value is -1.24. The third-order valence-electron chi connectivity index (χ3n) is 3.45. The molecule has 0 aliphatic heterocycles. The lowest BCUT2D eigenvalue weighted by atomic mass is 10.1. The average Bonchev–Trinajstić information content (AvgIpc) is 3.26. The van der Waals surface area contributed by atoms with Crippen molar-refractivity contribution in [3.05, 3.63) is 33.3 Å². The third kappa shape index (κ3) is 2.63. The first kappa shape index (κ1) is 13.7. The van der Waals surface area contributed by atoms with Gasteiger partial charge in [-0.2, -0.15) is 0 Å². The lowest BCUT2D eigenvalue weighted by molar-refractivity contribution is 0.970. The zero-order chi connectivity index (χ0) is 14.1. The smallest absolute Gasteiger partial charge is 0.162 e. The molecule has 2 aromatic rings. The maximum absolute atomic E-state index is 4.82. The number of nitrogens with one attached hydrogen (secondary N) is 1. The topological polar surface area (TPSA) is 50.7 Å². The first-order chi connectivity index (χ1) is 9.70. The van der Waals surface area contributed by atoms with Gasteiger partial charge in [-0.25, -0.2) is 9.97 Å². The minimum absolute atomic E-state index is 0.614. The fourth-order valence-electron chi connectivity index (χ4n) is 2.22. The minimum atomic E-state index is 0.614. The van der Waals surface area contributed by atoms with Gasteiger partial charge in [-0.3, -0.25) is 4.98 Å². The molecule has 4 nitrogen and oxygen atoms in total. The molecule has 1 aliphatic rings. The Morgan fingerprint density at radius 2 is 2.15 bits per heavy atom. The average molecular weight is 380 g/mol. The molecular formula is C15H17IN4. The van der Waals surface area contributed by atoms with Crippen LogP contribution in [0.25, 0.3) is 11.4 Å². The standard InChI is InChI=1S/C15H17IN4/c1-3-18-15-12(16)13(10-4-5-10)19-14(20-15)11-6-7-17-8-9(11)2/h6-8,10H,3-5H2,1-2H3,(H,18,19,20). The van der Waals surface area contributed by atoms with Crippen LogP contribution in [0.3, 0.4) is 0 Å². The van der Waals surface area contributed by atoms with Crippen molar-refractivity contribution in [1.82, 2.24) is 15.0 Å². The Bertz CT molecular complexity index is 638. The maximum Gasteiger partial charge on any atom is 0.162 e. The highest BCUT2D eigenvalue weighted by Gasteiger charge is 2.29. The summed E-state index contributed by atoms with van der Waals surface area (Å²) in [6.07, 6.45) is 6.15. The summed E-state index contributed by atoms with van der Waals surface area (Å²) in [5, 5.41) is 3.35. The largest absolute Gasteiger partial charge is 0.369 e. The van der Waals surface area contributed by atoms with E-state index in [2.05, 4.69) is 39.8 Å². The molecule has 3 rings (SSSR count). The predicted molar refractivity (Wildman–Crippen MR) is 88.9 cm³/mol. The molecule has 0 spiro atoms. The Balaban J connectivity index is 2.13. The van der Waals surface area contributed by atoms with Gasteiger partial charge in [-0.15, -0.1) is 0 Å². The van der Waals surface area contributed by atoms with Crippen LogP contribution in [-0.4, -0.2) is 21.5 Å². The fraction of sp³-hybridized carbons (Fsp3) is 0.400. The van der Waals surface area contributed by atoms with Crippen LogP contribution in [-0.2, 0) is 0 Å². The Morgan fingerprint density at radius 1 is 1.35 bits per heavy atom. The first-order valence-electron chi connectivity index (χ1n) is 6.93. The first-order valence-corrected chi connectivity index (χ1v) is 8.01. The molecule has 104 valence electrons. The van der Waals surface area contributed by atoms with Gasteiger partial charge in [0, 0.05) is 30.4 Å². The van der Waals surface area contributed by atoms with Gasteiger partial charge < -0.3 is 5.32 Å². The van der Waals surface area contributed by atoms with Gasteiger partial charge in [0.1, 0.15) is 5.82 Å². The van der Waals surface area contributed by atoms with Crippen LogP contribution in [0.5, 0.6) is 0 Å². The summed E-state index contributed by atoms with van der Waals surface area (Å²) in [7, 11) is 0. The second kappa shape index (κ2) is 5.63. The number of hydrogen-bond acceptors (Lipinski definition) is 4. The van der Waals surface area contributed by atoms with Gasteiger partial charge >= 0.3 is 0 Å². The number of anilines is 1. The van der Waals surface area contributed by atoms with E-state index in [1.807, 2.05) is 19.2 Å². The molecule has 0 atom stereocenters. The second-order valence-corrected chi connectivity index (χ2v) is 6.17. The fourth-order valence-corrected chi connectivity index (χ4v) is 3.09. The monoisotopic (exact) mass is 380 g/mol. The highest BCUT2D eigenvalue weighted by molar-refractivity contribution is 14.1. The van der Waals surface area contributed by atoms with Crippen LogP contribution in [0.4, 0.5) is 5.82 Å². The normalized spacial score (nSPS) is 14.3. The van der Waals surface area contributed by atoms with Crippen molar-refractivity contribution in [1.29, 1.82) is 0 Å². The SMILES string of the molecule is CCNc1nc(-c2ccncc2C)nc(C2CC2)c1I. The van der Waals surface area contributed by atoms with Crippen LogP contribution < -0.4 is 5.32 Å². The molecule has 1 aliphatic carbocycles. The molecule has 1 saturated carbocycles. The van der Waals surface area contributed by atoms with Crippen molar-refractivity contribution in [2.75, 3.05) is 11.9 Å². The van der Waals surface area contributed by atoms with Crippen molar-refractivity contribution in [3.63, 3.8) is 0 Å². The number of rotatable bonds is 4. The van der Waals surface area contributed by atoms with Crippen molar-refractivity contribution in [2.24, 2.45) is 0 Å². The summed E-state index contributed by atoms with van der Waals surface area (Å²) >= 11 is 2.36. The molecule has 0 saturated heterocycles. The summed E-state index contributed by atoms with van der Waals surface area (Å²) in [4.78, 5) is 13.7. The molecule has 0 unspecified atom stereocenters. The second-order valence-electron chi connectivity index (χ2n) is 5.09. The predicted octanol–water partition coefficient (Wildman–Crippen LogP) is 3.76. The molecule has 0 bridgehead atoms. The molecule has 0 aromatic carbocycles. The van der Waals surface area contributed by atoms with Gasteiger partial charge in [0.2, 0.25) is 0 Å². The lowest BCUT2D eigenvalue weighted by Gasteiger charge is -2.12. The number of halogens is 1. The van der Waals surface area contributed by atoms with E-state index >= 15 is 0 Å². The third-order valence-corrected chi connectivity index (χ3v) is 4.51. The van der Waals surface area contributed by atoms with Gasteiger partial charge in [0.25, 0.3) is 0 Å². The quantitative estimate of drug-likeness (QED) is 0.821. The number of aromatic nitrogens is 3. The Morgan fingerprint density at radius 3 is 2.80 bits per heavy atom. The van der Waals surface area contributed by atoms with Crippen LogP contribution in [0.1, 0.15) is 36.9 Å². The highest BCUT2D eigenvalue weighted by atomic mass is 127. The summed E-state index contributed by atoms with van der Waals surface area (Å²) in [6, 6.07) is 1.99. The molecule has 20 heavy (non-hydrogen) atoms. The summed E-state index contributed by atoms with van der Waals surface area (Å²) in [5.74, 6) is 2.38. The molecule has 1 N–H and O–H groups in total. The van der Waals surface area contributed by atoms with Crippen LogP contribution in [0, 0.1) is 10.5 Å².